The minimum atomic E-state index is -0.605. The first-order chi connectivity index (χ1) is 14.5. The first kappa shape index (κ1) is 21.6. The Kier molecular flexibility index (Phi) is 7.67. The van der Waals surface area contributed by atoms with E-state index in [0.29, 0.717) is 29.1 Å². The average molecular weight is 432 g/mol. The van der Waals surface area contributed by atoms with Gasteiger partial charge in [-0.2, -0.15) is 15.0 Å². The van der Waals surface area contributed by atoms with Gasteiger partial charge in [0.05, 0.1) is 29.8 Å². The Hall–Kier alpha value is -3.07. The molecule has 0 saturated heterocycles. The summed E-state index contributed by atoms with van der Waals surface area (Å²) in [5.74, 6) is -0.0917. The van der Waals surface area contributed by atoms with Gasteiger partial charge < -0.3 is 10.6 Å². The van der Waals surface area contributed by atoms with Crippen molar-refractivity contribution in [1.29, 1.82) is 0 Å². The number of benzene rings is 1. The number of nitrogens with one attached hydrogen (secondary N) is 2. The van der Waals surface area contributed by atoms with Gasteiger partial charge in [-0.15, -0.1) is 0 Å². The van der Waals surface area contributed by atoms with Gasteiger partial charge in [0.15, 0.2) is 0 Å². The Morgan fingerprint density at radius 3 is 2.63 bits per heavy atom. The topological polar surface area (TPSA) is 97.6 Å². The SMILES string of the molecule is CC(CCCNC(=O)c1c(F)cccc1-n1nccn1)CCNc1ncc(Cl)cn1. The minimum absolute atomic E-state index is 0.0612. The highest BCUT2D eigenvalue weighted by molar-refractivity contribution is 6.30. The number of nitrogens with zero attached hydrogens (tertiary/aromatic N) is 5. The highest BCUT2D eigenvalue weighted by Crippen LogP contribution is 2.17. The summed E-state index contributed by atoms with van der Waals surface area (Å²) in [6.07, 6.45) is 8.69. The molecule has 2 N–H and O–H groups in total. The van der Waals surface area contributed by atoms with Crippen LogP contribution >= 0.6 is 11.6 Å². The third-order valence-corrected chi connectivity index (χ3v) is 4.75. The minimum Gasteiger partial charge on any atom is -0.354 e. The fraction of sp³-hybridized carbons (Fsp3) is 0.350. The van der Waals surface area contributed by atoms with Crippen LogP contribution in [0.25, 0.3) is 5.69 Å². The Bertz CT molecular complexity index is 950. The number of hydrogen-bond acceptors (Lipinski definition) is 6. The molecule has 1 aromatic carbocycles. The number of amides is 1. The molecule has 8 nitrogen and oxygen atoms in total. The summed E-state index contributed by atoms with van der Waals surface area (Å²) in [6, 6.07) is 4.38. The van der Waals surface area contributed by atoms with Crippen molar-refractivity contribution in [1.82, 2.24) is 30.3 Å². The van der Waals surface area contributed by atoms with Crippen LogP contribution in [0.15, 0.2) is 43.0 Å². The Morgan fingerprint density at radius 1 is 1.17 bits per heavy atom. The van der Waals surface area contributed by atoms with E-state index in [1.807, 2.05) is 0 Å². The zero-order valence-corrected chi connectivity index (χ0v) is 17.3. The molecule has 1 atom stereocenters. The van der Waals surface area contributed by atoms with Gasteiger partial charge in [0.25, 0.3) is 5.91 Å². The molecule has 2 heterocycles. The average Bonchev–Trinajstić information content (AvgIpc) is 3.27. The van der Waals surface area contributed by atoms with Crippen molar-refractivity contribution < 1.29 is 9.18 Å². The van der Waals surface area contributed by atoms with Crippen LogP contribution < -0.4 is 10.6 Å². The Balaban J connectivity index is 1.41. The van der Waals surface area contributed by atoms with Crippen LogP contribution in [0.3, 0.4) is 0 Å². The molecule has 0 fully saturated rings. The predicted molar refractivity (Wildman–Crippen MR) is 112 cm³/mol. The van der Waals surface area contributed by atoms with Gasteiger partial charge in [-0.1, -0.05) is 24.6 Å². The van der Waals surface area contributed by atoms with E-state index in [9.17, 15) is 9.18 Å². The van der Waals surface area contributed by atoms with E-state index in [1.54, 1.807) is 18.5 Å². The van der Waals surface area contributed by atoms with E-state index in [2.05, 4.69) is 37.7 Å². The van der Waals surface area contributed by atoms with Crippen LogP contribution in [0.1, 0.15) is 36.5 Å². The summed E-state index contributed by atoms with van der Waals surface area (Å²) >= 11 is 5.76. The molecule has 10 heteroatoms. The molecule has 0 bridgehead atoms. The molecule has 1 amide bonds. The summed E-state index contributed by atoms with van der Waals surface area (Å²) in [4.78, 5) is 21.9. The van der Waals surface area contributed by atoms with Crippen molar-refractivity contribution in [2.24, 2.45) is 5.92 Å². The first-order valence-corrected chi connectivity index (χ1v) is 10.1. The first-order valence-electron chi connectivity index (χ1n) is 9.69. The molecule has 3 rings (SSSR count). The van der Waals surface area contributed by atoms with Gasteiger partial charge in [-0.25, -0.2) is 14.4 Å². The Morgan fingerprint density at radius 2 is 1.90 bits per heavy atom. The number of carbonyl (C=O) groups excluding carboxylic acids is 1. The molecular weight excluding hydrogens is 409 g/mol. The van der Waals surface area contributed by atoms with Crippen molar-refractivity contribution in [3.8, 4) is 5.69 Å². The van der Waals surface area contributed by atoms with E-state index < -0.39 is 11.7 Å². The molecule has 3 aromatic rings. The van der Waals surface area contributed by atoms with Crippen molar-refractivity contribution in [3.63, 3.8) is 0 Å². The number of aromatic nitrogens is 5. The lowest BCUT2D eigenvalue weighted by Crippen LogP contribution is -2.27. The summed E-state index contributed by atoms with van der Waals surface area (Å²) in [5, 5.41) is 14.4. The quantitative estimate of drug-likeness (QED) is 0.477. The van der Waals surface area contributed by atoms with Crippen LogP contribution in [0.5, 0.6) is 0 Å². The van der Waals surface area contributed by atoms with Gasteiger partial charge in [-0.05, 0) is 37.3 Å². The summed E-state index contributed by atoms with van der Waals surface area (Å²) in [6.45, 7) is 3.34. The highest BCUT2D eigenvalue weighted by atomic mass is 35.5. The van der Waals surface area contributed by atoms with Crippen LogP contribution in [0, 0.1) is 11.7 Å². The molecule has 1 unspecified atom stereocenters. The van der Waals surface area contributed by atoms with Gasteiger partial charge in [0.2, 0.25) is 5.95 Å². The van der Waals surface area contributed by atoms with Crippen LogP contribution in [-0.4, -0.2) is 44.0 Å². The van der Waals surface area contributed by atoms with Gasteiger partial charge in [-0.3, -0.25) is 4.79 Å². The maximum absolute atomic E-state index is 14.3. The fourth-order valence-electron chi connectivity index (χ4n) is 2.96. The molecule has 30 heavy (non-hydrogen) atoms. The summed E-state index contributed by atoms with van der Waals surface area (Å²) in [7, 11) is 0. The maximum Gasteiger partial charge on any atom is 0.256 e. The van der Waals surface area contributed by atoms with Crippen molar-refractivity contribution in [3.05, 3.63) is 59.4 Å². The number of carbonyl (C=O) groups is 1. The normalized spacial score (nSPS) is 11.8. The van der Waals surface area contributed by atoms with Gasteiger partial charge in [0.1, 0.15) is 17.1 Å². The molecule has 0 radical (unpaired) electrons. The molecule has 0 aliphatic heterocycles. The Labute approximate surface area is 178 Å². The third-order valence-electron chi connectivity index (χ3n) is 4.55. The molecule has 2 aromatic heterocycles. The molecule has 158 valence electrons. The molecule has 0 aliphatic rings. The van der Waals surface area contributed by atoms with Crippen LogP contribution in [-0.2, 0) is 0 Å². The zero-order chi connectivity index (χ0) is 21.3. The molecular formula is C20H23ClFN7O. The second kappa shape index (κ2) is 10.6. The smallest absolute Gasteiger partial charge is 0.256 e. The number of hydrogen-bond donors (Lipinski definition) is 2. The van der Waals surface area contributed by atoms with E-state index in [4.69, 9.17) is 11.6 Å². The van der Waals surface area contributed by atoms with Crippen molar-refractivity contribution in [2.75, 3.05) is 18.4 Å². The number of halogens is 2. The lowest BCUT2D eigenvalue weighted by molar-refractivity contribution is 0.0948. The van der Waals surface area contributed by atoms with Crippen LogP contribution in [0.2, 0.25) is 5.02 Å². The van der Waals surface area contributed by atoms with Crippen LogP contribution in [0.4, 0.5) is 10.3 Å². The number of anilines is 1. The lowest BCUT2D eigenvalue weighted by atomic mass is 10.0. The molecule has 0 aliphatic carbocycles. The molecule has 0 spiro atoms. The maximum atomic E-state index is 14.3. The molecule has 0 saturated carbocycles. The van der Waals surface area contributed by atoms with E-state index >= 15 is 0 Å². The zero-order valence-electron chi connectivity index (χ0n) is 16.6. The predicted octanol–water partition coefficient (Wildman–Crippen LogP) is 3.50. The standard InChI is InChI=1S/C20H23ClFN7O/c1-14(7-9-24-20-25-12-15(21)13-26-20)4-3-8-23-19(30)18-16(22)5-2-6-17(18)29-27-10-11-28-29/h2,5-6,10-14H,3-4,7-9H2,1H3,(H,23,30)(H,24,25,26). The third kappa shape index (κ3) is 5.96. The lowest BCUT2D eigenvalue weighted by Gasteiger charge is -2.13. The largest absolute Gasteiger partial charge is 0.354 e. The van der Waals surface area contributed by atoms with E-state index in [1.165, 1.54) is 29.3 Å². The van der Waals surface area contributed by atoms with Gasteiger partial charge >= 0.3 is 0 Å². The summed E-state index contributed by atoms with van der Waals surface area (Å²) in [5.41, 5.74) is 0.246. The van der Waals surface area contributed by atoms with E-state index in [-0.39, 0.29) is 5.56 Å². The fourth-order valence-corrected chi connectivity index (χ4v) is 3.06. The van der Waals surface area contributed by atoms with E-state index in [0.717, 1.165) is 25.8 Å². The second-order valence-electron chi connectivity index (χ2n) is 6.90. The highest BCUT2D eigenvalue weighted by Gasteiger charge is 2.18. The van der Waals surface area contributed by atoms with Crippen molar-refractivity contribution in [2.45, 2.75) is 26.2 Å². The van der Waals surface area contributed by atoms with Crippen molar-refractivity contribution >= 4 is 23.5 Å². The monoisotopic (exact) mass is 431 g/mol. The summed E-state index contributed by atoms with van der Waals surface area (Å²) < 4.78 is 14.3. The number of rotatable bonds is 10. The second-order valence-corrected chi connectivity index (χ2v) is 7.33. The van der Waals surface area contributed by atoms with Gasteiger partial charge in [0, 0.05) is 13.1 Å².